The maximum Gasteiger partial charge on any atom is 0.315 e. The summed E-state index contributed by atoms with van der Waals surface area (Å²) in [6.45, 7) is 4.12. The summed E-state index contributed by atoms with van der Waals surface area (Å²) in [6, 6.07) is 9.22. The van der Waals surface area contributed by atoms with Gasteiger partial charge in [0.1, 0.15) is 12.8 Å². The highest BCUT2D eigenvalue weighted by Gasteiger charge is 2.39. The van der Waals surface area contributed by atoms with Crippen LogP contribution in [0.1, 0.15) is 30.2 Å². The minimum atomic E-state index is -3.27. The number of aliphatic hydroxyl groups excluding tert-OH is 1. The number of nitrogens with zero attached hydrogens (tertiary/aromatic N) is 2. The van der Waals surface area contributed by atoms with Crippen LogP contribution in [0.3, 0.4) is 0 Å². The van der Waals surface area contributed by atoms with Gasteiger partial charge in [-0.25, -0.2) is 4.39 Å². The minimum Gasteiger partial charge on any atom is -0.386 e. The minimum absolute atomic E-state index is 0.324. The van der Waals surface area contributed by atoms with E-state index in [-0.39, 0.29) is 0 Å². The van der Waals surface area contributed by atoms with Crippen LogP contribution in [-0.2, 0) is 11.3 Å². The van der Waals surface area contributed by atoms with Gasteiger partial charge in [0.2, 0.25) is 0 Å². The van der Waals surface area contributed by atoms with Crippen molar-refractivity contribution in [3.63, 3.8) is 0 Å². The molecule has 178 valence electrons. The number of nitrogens with one attached hydrogen (secondary N) is 2. The van der Waals surface area contributed by atoms with E-state index >= 15 is 0 Å². The maximum atomic E-state index is 13.2. The van der Waals surface area contributed by atoms with Gasteiger partial charge in [-0.2, -0.15) is 8.78 Å². The summed E-state index contributed by atoms with van der Waals surface area (Å²) >= 11 is 0. The molecule has 2 atom stereocenters. The lowest BCUT2D eigenvalue weighted by molar-refractivity contribution is -0.133. The second-order valence-corrected chi connectivity index (χ2v) is 9.05. The van der Waals surface area contributed by atoms with Crippen molar-refractivity contribution in [2.24, 2.45) is 5.41 Å². The molecule has 0 radical (unpaired) electrons. The molecule has 9 heteroatoms. The number of aliphatic hydroxyl groups is 1. The van der Waals surface area contributed by atoms with Crippen molar-refractivity contribution in [2.75, 3.05) is 32.9 Å². The van der Waals surface area contributed by atoms with Crippen molar-refractivity contribution in [1.82, 2.24) is 20.5 Å². The van der Waals surface area contributed by atoms with Crippen LogP contribution in [0.4, 0.5) is 13.2 Å². The van der Waals surface area contributed by atoms with Gasteiger partial charge >= 0.3 is 6.43 Å². The third-order valence-corrected chi connectivity index (χ3v) is 6.79. The van der Waals surface area contributed by atoms with Crippen LogP contribution < -0.4 is 10.6 Å². The Hall–Kier alpha value is -2.49. The van der Waals surface area contributed by atoms with Crippen molar-refractivity contribution >= 4 is 5.91 Å². The lowest BCUT2D eigenvalue weighted by Gasteiger charge is -2.48. The Bertz CT molecular complexity index is 926. The maximum absolute atomic E-state index is 13.2. The Morgan fingerprint density at radius 3 is 2.30 bits per heavy atom. The van der Waals surface area contributed by atoms with Gasteiger partial charge in [0, 0.05) is 31.4 Å². The summed E-state index contributed by atoms with van der Waals surface area (Å²) in [6.07, 6.45) is -0.450. The van der Waals surface area contributed by atoms with Crippen LogP contribution in [-0.4, -0.2) is 66.2 Å². The summed E-state index contributed by atoms with van der Waals surface area (Å²) in [7, 11) is 0. The predicted molar refractivity (Wildman–Crippen MR) is 118 cm³/mol. The highest BCUT2D eigenvalue weighted by Crippen LogP contribution is 2.35. The fourth-order valence-corrected chi connectivity index (χ4v) is 4.49. The topological polar surface area (TPSA) is 77.5 Å². The van der Waals surface area contributed by atoms with E-state index in [1.54, 1.807) is 30.5 Å². The van der Waals surface area contributed by atoms with Gasteiger partial charge in [0.15, 0.2) is 0 Å². The first kappa shape index (κ1) is 23.7. The number of carbonyl (C=O) groups excluding carboxylic acids is 1. The van der Waals surface area contributed by atoms with E-state index in [1.807, 2.05) is 17.4 Å². The smallest absolute Gasteiger partial charge is 0.315 e. The number of amides is 1. The van der Waals surface area contributed by atoms with E-state index in [0.717, 1.165) is 49.5 Å². The van der Waals surface area contributed by atoms with E-state index in [1.165, 1.54) is 12.8 Å². The van der Waals surface area contributed by atoms with Crippen LogP contribution in [0.2, 0.25) is 0 Å². The molecule has 2 aromatic rings. The molecule has 0 aliphatic carbocycles. The standard InChI is InChI=1S/C24H29F3N4O2/c25-11-20(30-23(33)22(26)27)21(32)17-3-1-16(2-4-17)18-5-6-19(29-12-18)13-31-9-7-24(8-10-31)14-28-15-24/h1-6,12,20-22,28,32H,7-11,13-15H2,(H,30,33)/t20-,21-/m1/s1. The fraction of sp³-hybridized carbons (Fsp3) is 0.500. The Morgan fingerprint density at radius 2 is 1.79 bits per heavy atom. The van der Waals surface area contributed by atoms with Gasteiger partial charge in [0.25, 0.3) is 5.91 Å². The van der Waals surface area contributed by atoms with E-state index < -0.39 is 31.2 Å². The monoisotopic (exact) mass is 462 g/mol. The van der Waals surface area contributed by atoms with Crippen LogP contribution in [0.5, 0.6) is 0 Å². The number of hydrogen-bond acceptors (Lipinski definition) is 5. The summed E-state index contributed by atoms with van der Waals surface area (Å²) in [5.74, 6) is -1.61. The zero-order chi connectivity index (χ0) is 23.4. The molecule has 4 rings (SSSR count). The SMILES string of the molecule is O=C(N[C@H](CF)[C@H](O)c1ccc(-c2ccc(CN3CCC4(CC3)CNC4)nc2)cc1)C(F)F. The zero-order valence-corrected chi connectivity index (χ0v) is 18.3. The van der Waals surface area contributed by atoms with E-state index in [9.17, 15) is 23.1 Å². The number of carbonyl (C=O) groups is 1. The first-order valence-electron chi connectivity index (χ1n) is 11.2. The molecular weight excluding hydrogens is 433 g/mol. The van der Waals surface area contributed by atoms with Crippen molar-refractivity contribution in [1.29, 1.82) is 0 Å². The number of halogens is 3. The van der Waals surface area contributed by atoms with Crippen LogP contribution in [0.25, 0.3) is 11.1 Å². The molecule has 33 heavy (non-hydrogen) atoms. The van der Waals surface area contributed by atoms with Crippen LogP contribution in [0.15, 0.2) is 42.6 Å². The summed E-state index contributed by atoms with van der Waals surface area (Å²) in [5.41, 5.74) is 3.60. The van der Waals surface area contributed by atoms with Gasteiger partial charge in [0.05, 0.1) is 11.7 Å². The van der Waals surface area contributed by atoms with E-state index in [2.05, 4.69) is 15.2 Å². The molecule has 1 aromatic carbocycles. The molecule has 2 aliphatic heterocycles. The number of rotatable bonds is 8. The first-order chi connectivity index (χ1) is 15.9. The molecule has 2 saturated heterocycles. The number of alkyl halides is 3. The molecular formula is C24H29F3N4O2. The number of likely N-dealkylation sites (tertiary alicyclic amines) is 1. The Balaban J connectivity index is 1.34. The molecule has 2 fully saturated rings. The second-order valence-electron chi connectivity index (χ2n) is 9.05. The van der Waals surface area contributed by atoms with Gasteiger partial charge < -0.3 is 15.7 Å². The van der Waals surface area contributed by atoms with Gasteiger partial charge in [-0.1, -0.05) is 30.3 Å². The van der Waals surface area contributed by atoms with Crippen molar-refractivity contribution in [2.45, 2.75) is 38.0 Å². The van der Waals surface area contributed by atoms with Crippen molar-refractivity contribution < 1.29 is 23.1 Å². The normalized spacial score (nSPS) is 19.8. The largest absolute Gasteiger partial charge is 0.386 e. The van der Waals surface area contributed by atoms with E-state index in [0.29, 0.717) is 11.0 Å². The van der Waals surface area contributed by atoms with Gasteiger partial charge in [-0.3, -0.25) is 14.7 Å². The summed E-state index contributed by atoms with van der Waals surface area (Å²) in [5, 5.41) is 15.5. The number of hydrogen-bond donors (Lipinski definition) is 3. The van der Waals surface area contributed by atoms with Crippen molar-refractivity contribution in [3.05, 3.63) is 53.9 Å². The molecule has 0 bridgehead atoms. The first-order valence-corrected chi connectivity index (χ1v) is 11.2. The van der Waals surface area contributed by atoms with Crippen molar-refractivity contribution in [3.8, 4) is 11.1 Å². The van der Waals surface area contributed by atoms with Gasteiger partial charge in [-0.15, -0.1) is 0 Å². The predicted octanol–water partition coefficient (Wildman–Crippen LogP) is 2.69. The molecule has 6 nitrogen and oxygen atoms in total. The third-order valence-electron chi connectivity index (χ3n) is 6.79. The Morgan fingerprint density at radius 1 is 1.12 bits per heavy atom. The van der Waals surface area contributed by atoms with E-state index in [4.69, 9.17) is 0 Å². The quantitative estimate of drug-likeness (QED) is 0.563. The molecule has 0 saturated carbocycles. The van der Waals surface area contributed by atoms with Crippen LogP contribution >= 0.6 is 0 Å². The molecule has 3 N–H and O–H groups in total. The average molecular weight is 463 g/mol. The molecule has 1 aromatic heterocycles. The lowest BCUT2D eigenvalue weighted by atomic mass is 9.73. The fourth-order valence-electron chi connectivity index (χ4n) is 4.49. The average Bonchev–Trinajstić information content (AvgIpc) is 2.82. The highest BCUT2D eigenvalue weighted by atomic mass is 19.3. The second kappa shape index (κ2) is 10.2. The summed E-state index contributed by atoms with van der Waals surface area (Å²) in [4.78, 5) is 18.2. The highest BCUT2D eigenvalue weighted by molar-refractivity contribution is 5.79. The molecule has 2 aliphatic rings. The Kier molecular flexibility index (Phi) is 7.31. The van der Waals surface area contributed by atoms with Gasteiger partial charge in [-0.05, 0) is 48.5 Å². The number of piperidine rings is 1. The lowest BCUT2D eigenvalue weighted by Crippen LogP contribution is -2.58. The molecule has 3 heterocycles. The summed E-state index contributed by atoms with van der Waals surface area (Å²) < 4.78 is 38.0. The molecule has 0 unspecified atom stereocenters. The van der Waals surface area contributed by atoms with Crippen LogP contribution in [0, 0.1) is 5.41 Å². The number of aromatic nitrogens is 1. The number of pyridine rings is 1. The molecule has 1 spiro atoms. The Labute approximate surface area is 191 Å². The molecule has 1 amide bonds. The zero-order valence-electron chi connectivity index (χ0n) is 18.3. The number of benzene rings is 1. The third kappa shape index (κ3) is 5.54.